The number of nitrogens with zero attached hydrogens (tertiary/aromatic N) is 4. The van der Waals surface area contributed by atoms with E-state index in [1.54, 1.807) is 20.9 Å². The standard InChI is InChI=1S/C15H19N5O2S/c1-15(2,3)12-5-4-11(23-12)14(22)19-6-9(7-19)20-8-10(13(16)21)17-18-20/h4-5,8-9H,6-7H2,1-3H3,(H2,16,21). The average molecular weight is 333 g/mol. The average Bonchev–Trinajstić information content (AvgIpc) is 3.05. The maximum absolute atomic E-state index is 12.5. The molecule has 0 saturated carbocycles. The fraction of sp³-hybridized carbons (Fsp3) is 0.467. The van der Waals surface area contributed by atoms with E-state index >= 15 is 0 Å². The molecule has 0 bridgehead atoms. The van der Waals surface area contributed by atoms with Crippen LogP contribution in [0.25, 0.3) is 0 Å². The summed E-state index contributed by atoms with van der Waals surface area (Å²) in [5.41, 5.74) is 5.35. The van der Waals surface area contributed by atoms with Crippen LogP contribution in [0.4, 0.5) is 0 Å². The van der Waals surface area contributed by atoms with Gasteiger partial charge in [-0.25, -0.2) is 4.68 Å². The molecule has 2 aromatic heterocycles. The van der Waals surface area contributed by atoms with Crippen molar-refractivity contribution < 1.29 is 9.59 Å². The predicted octanol–water partition coefficient (Wildman–Crippen LogP) is 1.43. The molecule has 7 nitrogen and oxygen atoms in total. The zero-order valence-corrected chi connectivity index (χ0v) is 14.1. The van der Waals surface area contributed by atoms with E-state index in [1.165, 1.54) is 11.1 Å². The molecule has 0 atom stereocenters. The third kappa shape index (κ3) is 2.98. The highest BCUT2D eigenvalue weighted by Crippen LogP contribution is 2.31. The van der Waals surface area contributed by atoms with Gasteiger partial charge in [-0.2, -0.15) is 0 Å². The quantitative estimate of drug-likeness (QED) is 0.919. The zero-order valence-electron chi connectivity index (χ0n) is 13.3. The summed E-state index contributed by atoms with van der Waals surface area (Å²) in [6, 6.07) is 3.95. The van der Waals surface area contributed by atoms with Gasteiger partial charge in [0, 0.05) is 18.0 Å². The van der Waals surface area contributed by atoms with E-state index in [1.807, 2.05) is 12.1 Å². The maximum Gasteiger partial charge on any atom is 0.270 e. The van der Waals surface area contributed by atoms with E-state index in [-0.39, 0.29) is 23.1 Å². The minimum absolute atomic E-state index is 0.0389. The molecule has 1 aliphatic rings. The molecule has 122 valence electrons. The molecule has 2 amide bonds. The summed E-state index contributed by atoms with van der Waals surface area (Å²) in [6.45, 7) is 7.52. The predicted molar refractivity (Wildman–Crippen MR) is 86.5 cm³/mol. The van der Waals surface area contributed by atoms with Crippen LogP contribution < -0.4 is 5.73 Å². The van der Waals surface area contributed by atoms with Crippen molar-refractivity contribution in [3.63, 3.8) is 0 Å². The van der Waals surface area contributed by atoms with Crippen molar-refractivity contribution in [1.82, 2.24) is 19.9 Å². The highest BCUT2D eigenvalue weighted by atomic mass is 32.1. The monoisotopic (exact) mass is 333 g/mol. The molecule has 1 saturated heterocycles. The van der Waals surface area contributed by atoms with E-state index in [0.29, 0.717) is 13.1 Å². The molecule has 3 heterocycles. The van der Waals surface area contributed by atoms with Crippen LogP contribution in [-0.4, -0.2) is 44.8 Å². The van der Waals surface area contributed by atoms with Crippen LogP contribution in [0, 0.1) is 0 Å². The van der Waals surface area contributed by atoms with Crippen molar-refractivity contribution in [3.8, 4) is 0 Å². The number of carbonyl (C=O) groups is 2. The van der Waals surface area contributed by atoms with Crippen LogP contribution in [-0.2, 0) is 5.41 Å². The fourth-order valence-electron chi connectivity index (χ4n) is 2.37. The number of nitrogens with two attached hydrogens (primary N) is 1. The van der Waals surface area contributed by atoms with Gasteiger partial charge in [0.05, 0.1) is 17.1 Å². The van der Waals surface area contributed by atoms with Gasteiger partial charge < -0.3 is 10.6 Å². The Balaban J connectivity index is 1.63. The minimum atomic E-state index is -0.600. The number of likely N-dealkylation sites (tertiary alicyclic amines) is 1. The van der Waals surface area contributed by atoms with Crippen LogP contribution >= 0.6 is 11.3 Å². The Morgan fingerprint density at radius 3 is 2.52 bits per heavy atom. The lowest BCUT2D eigenvalue weighted by Crippen LogP contribution is -2.50. The van der Waals surface area contributed by atoms with Crippen LogP contribution in [0.3, 0.4) is 0 Å². The molecule has 0 unspecified atom stereocenters. The van der Waals surface area contributed by atoms with E-state index in [2.05, 4.69) is 31.1 Å². The maximum atomic E-state index is 12.5. The smallest absolute Gasteiger partial charge is 0.270 e. The summed E-state index contributed by atoms with van der Waals surface area (Å²) in [5.74, 6) is -0.561. The van der Waals surface area contributed by atoms with Gasteiger partial charge in [0.15, 0.2) is 5.69 Å². The third-order valence-electron chi connectivity index (χ3n) is 3.84. The summed E-state index contributed by atoms with van der Waals surface area (Å²) in [6.07, 6.45) is 1.53. The normalized spacial score (nSPS) is 15.5. The first-order chi connectivity index (χ1) is 10.8. The van der Waals surface area contributed by atoms with Gasteiger partial charge in [-0.3, -0.25) is 9.59 Å². The lowest BCUT2D eigenvalue weighted by atomic mass is 9.95. The van der Waals surface area contributed by atoms with E-state index in [0.717, 1.165) is 4.88 Å². The van der Waals surface area contributed by atoms with Gasteiger partial charge in [-0.1, -0.05) is 26.0 Å². The number of aromatic nitrogens is 3. The summed E-state index contributed by atoms with van der Waals surface area (Å²) >= 11 is 1.54. The molecule has 2 N–H and O–H groups in total. The Kier molecular flexibility index (Phi) is 3.71. The van der Waals surface area contributed by atoms with Gasteiger partial charge in [0.2, 0.25) is 0 Å². The number of rotatable bonds is 3. The molecule has 8 heteroatoms. The second-order valence-electron chi connectivity index (χ2n) is 6.73. The van der Waals surface area contributed by atoms with Gasteiger partial charge >= 0.3 is 0 Å². The molecule has 23 heavy (non-hydrogen) atoms. The Bertz CT molecular complexity index is 752. The number of hydrogen-bond donors (Lipinski definition) is 1. The first-order valence-corrected chi connectivity index (χ1v) is 8.18. The van der Waals surface area contributed by atoms with Crippen molar-refractivity contribution in [2.24, 2.45) is 5.73 Å². The highest BCUT2D eigenvalue weighted by Gasteiger charge is 2.34. The lowest BCUT2D eigenvalue weighted by molar-refractivity contribution is 0.0503. The highest BCUT2D eigenvalue weighted by molar-refractivity contribution is 7.14. The largest absolute Gasteiger partial charge is 0.364 e. The Morgan fingerprint density at radius 1 is 1.30 bits per heavy atom. The second-order valence-corrected chi connectivity index (χ2v) is 7.81. The third-order valence-corrected chi connectivity index (χ3v) is 5.34. The van der Waals surface area contributed by atoms with Crippen molar-refractivity contribution >= 4 is 23.2 Å². The number of carbonyl (C=O) groups excluding carboxylic acids is 2. The Morgan fingerprint density at radius 2 is 2.00 bits per heavy atom. The van der Waals surface area contributed by atoms with Crippen LogP contribution in [0.2, 0.25) is 0 Å². The number of hydrogen-bond acceptors (Lipinski definition) is 5. The van der Waals surface area contributed by atoms with Crippen LogP contribution in [0.15, 0.2) is 18.3 Å². The van der Waals surface area contributed by atoms with Crippen molar-refractivity contribution in [2.75, 3.05) is 13.1 Å². The van der Waals surface area contributed by atoms with Crippen molar-refractivity contribution in [1.29, 1.82) is 0 Å². The van der Waals surface area contributed by atoms with Gasteiger partial charge in [0.25, 0.3) is 11.8 Å². The van der Waals surface area contributed by atoms with Crippen LogP contribution in [0.1, 0.15) is 51.9 Å². The molecule has 0 spiro atoms. The second kappa shape index (κ2) is 5.45. The Labute approximate surface area is 138 Å². The zero-order chi connectivity index (χ0) is 16.8. The minimum Gasteiger partial charge on any atom is -0.364 e. The molecule has 0 aliphatic carbocycles. The molecule has 2 aromatic rings. The number of primary amides is 1. The summed E-state index contributed by atoms with van der Waals surface area (Å²) in [7, 11) is 0. The molecule has 1 fully saturated rings. The molecular weight excluding hydrogens is 314 g/mol. The van der Waals surface area contributed by atoms with Crippen molar-refractivity contribution in [2.45, 2.75) is 32.2 Å². The topological polar surface area (TPSA) is 94.1 Å². The summed E-state index contributed by atoms with van der Waals surface area (Å²) < 4.78 is 1.60. The lowest BCUT2D eigenvalue weighted by Gasteiger charge is -2.38. The molecule has 1 aliphatic heterocycles. The first kappa shape index (κ1) is 15.7. The SMILES string of the molecule is CC(C)(C)c1ccc(C(=O)N2CC(n3cc(C(N)=O)nn3)C2)s1. The number of amides is 2. The fourth-order valence-corrected chi connectivity index (χ4v) is 3.40. The molecule has 0 radical (unpaired) electrons. The number of thiophene rings is 1. The Hall–Kier alpha value is -2.22. The van der Waals surface area contributed by atoms with Gasteiger partial charge in [-0.15, -0.1) is 16.4 Å². The first-order valence-electron chi connectivity index (χ1n) is 7.37. The van der Waals surface area contributed by atoms with Crippen molar-refractivity contribution in [3.05, 3.63) is 33.8 Å². The van der Waals surface area contributed by atoms with E-state index in [4.69, 9.17) is 5.73 Å². The van der Waals surface area contributed by atoms with E-state index < -0.39 is 5.91 Å². The van der Waals surface area contributed by atoms with Crippen LogP contribution in [0.5, 0.6) is 0 Å². The summed E-state index contributed by atoms with van der Waals surface area (Å²) in [4.78, 5) is 27.2. The van der Waals surface area contributed by atoms with Gasteiger partial charge in [0.1, 0.15) is 0 Å². The molecular formula is C15H19N5O2S. The molecule has 3 rings (SSSR count). The van der Waals surface area contributed by atoms with Gasteiger partial charge in [-0.05, 0) is 17.5 Å². The molecule has 0 aromatic carbocycles. The summed E-state index contributed by atoms with van der Waals surface area (Å²) in [5, 5.41) is 7.61. The van der Waals surface area contributed by atoms with E-state index in [9.17, 15) is 9.59 Å².